The Hall–Kier alpha value is -0.830. The summed E-state index contributed by atoms with van der Waals surface area (Å²) in [6, 6.07) is 0. The van der Waals surface area contributed by atoms with Gasteiger partial charge >= 0.3 is 0 Å². The van der Waals surface area contributed by atoms with Crippen LogP contribution in [0.25, 0.3) is 0 Å². The standard InChI is InChI=1S/C12H22N2O/c1-3-5-6-11(4-2)7-13-8-12-9-14-10-15-12/h9-11,13H,3-8H2,1-2H3. The molecule has 0 radical (unpaired) electrons. The largest absolute Gasteiger partial charge is 0.447 e. The fourth-order valence-electron chi connectivity index (χ4n) is 1.67. The minimum absolute atomic E-state index is 0.794. The van der Waals surface area contributed by atoms with Gasteiger partial charge in [0, 0.05) is 0 Å². The van der Waals surface area contributed by atoms with Gasteiger partial charge in [0.15, 0.2) is 6.39 Å². The van der Waals surface area contributed by atoms with Gasteiger partial charge in [-0.05, 0) is 18.9 Å². The predicted octanol–water partition coefficient (Wildman–Crippen LogP) is 2.98. The summed E-state index contributed by atoms with van der Waals surface area (Å²) in [6.45, 7) is 6.38. The van der Waals surface area contributed by atoms with Gasteiger partial charge < -0.3 is 9.73 Å². The summed E-state index contributed by atoms with van der Waals surface area (Å²) in [4.78, 5) is 3.88. The topological polar surface area (TPSA) is 38.1 Å². The molecule has 15 heavy (non-hydrogen) atoms. The monoisotopic (exact) mass is 210 g/mol. The van der Waals surface area contributed by atoms with Crippen LogP contribution in [0.2, 0.25) is 0 Å². The van der Waals surface area contributed by atoms with Crippen LogP contribution in [0.4, 0.5) is 0 Å². The van der Waals surface area contributed by atoms with Crippen molar-refractivity contribution < 1.29 is 4.42 Å². The van der Waals surface area contributed by atoms with Crippen molar-refractivity contribution >= 4 is 0 Å². The molecule has 0 saturated carbocycles. The van der Waals surface area contributed by atoms with E-state index in [2.05, 4.69) is 24.1 Å². The number of aromatic nitrogens is 1. The fraction of sp³-hybridized carbons (Fsp3) is 0.750. The molecule has 3 heteroatoms. The molecule has 0 saturated heterocycles. The van der Waals surface area contributed by atoms with Crippen LogP contribution in [-0.4, -0.2) is 11.5 Å². The Morgan fingerprint density at radius 1 is 1.47 bits per heavy atom. The molecule has 1 atom stereocenters. The molecule has 1 aromatic heterocycles. The van der Waals surface area contributed by atoms with Crippen LogP contribution in [0.15, 0.2) is 17.0 Å². The van der Waals surface area contributed by atoms with E-state index in [0.29, 0.717) is 0 Å². The lowest BCUT2D eigenvalue weighted by molar-refractivity contribution is 0.402. The molecule has 1 aromatic rings. The van der Waals surface area contributed by atoms with E-state index in [4.69, 9.17) is 4.42 Å². The molecule has 1 unspecified atom stereocenters. The van der Waals surface area contributed by atoms with Gasteiger partial charge in [-0.3, -0.25) is 0 Å². The van der Waals surface area contributed by atoms with E-state index in [1.165, 1.54) is 32.1 Å². The van der Waals surface area contributed by atoms with Crippen molar-refractivity contribution in [1.82, 2.24) is 10.3 Å². The maximum absolute atomic E-state index is 5.16. The third-order valence-corrected chi connectivity index (χ3v) is 2.76. The Kier molecular flexibility index (Phi) is 6.09. The first-order valence-corrected chi connectivity index (χ1v) is 5.94. The average molecular weight is 210 g/mol. The number of unbranched alkanes of at least 4 members (excludes halogenated alkanes) is 1. The minimum atomic E-state index is 0.794. The molecule has 1 heterocycles. The predicted molar refractivity (Wildman–Crippen MR) is 61.5 cm³/mol. The zero-order valence-electron chi connectivity index (χ0n) is 9.83. The quantitative estimate of drug-likeness (QED) is 0.717. The molecule has 0 aliphatic heterocycles. The van der Waals surface area contributed by atoms with Crippen LogP contribution in [0.1, 0.15) is 45.3 Å². The van der Waals surface area contributed by atoms with Crippen LogP contribution in [0.3, 0.4) is 0 Å². The third kappa shape index (κ3) is 4.98. The summed E-state index contributed by atoms with van der Waals surface area (Å²) in [6.07, 6.45) is 8.45. The van der Waals surface area contributed by atoms with Gasteiger partial charge in [0.25, 0.3) is 0 Å². The Morgan fingerprint density at radius 3 is 2.93 bits per heavy atom. The van der Waals surface area contributed by atoms with E-state index in [1.807, 2.05) is 0 Å². The summed E-state index contributed by atoms with van der Waals surface area (Å²) in [7, 11) is 0. The van der Waals surface area contributed by atoms with Gasteiger partial charge in [0.2, 0.25) is 0 Å². The zero-order valence-corrected chi connectivity index (χ0v) is 9.83. The first kappa shape index (κ1) is 12.2. The summed E-state index contributed by atoms with van der Waals surface area (Å²) >= 11 is 0. The summed E-state index contributed by atoms with van der Waals surface area (Å²) in [5.41, 5.74) is 0. The first-order chi connectivity index (χ1) is 7.36. The summed E-state index contributed by atoms with van der Waals surface area (Å²) < 4.78 is 5.16. The highest BCUT2D eigenvalue weighted by Crippen LogP contribution is 2.11. The highest BCUT2D eigenvalue weighted by molar-refractivity contribution is 4.87. The normalized spacial score (nSPS) is 12.9. The van der Waals surface area contributed by atoms with Crippen molar-refractivity contribution in [3.63, 3.8) is 0 Å². The number of rotatable bonds is 8. The lowest BCUT2D eigenvalue weighted by Crippen LogP contribution is -2.21. The smallest absolute Gasteiger partial charge is 0.180 e. The minimum Gasteiger partial charge on any atom is -0.447 e. The molecular formula is C12H22N2O. The first-order valence-electron chi connectivity index (χ1n) is 5.94. The summed E-state index contributed by atoms with van der Waals surface area (Å²) in [5, 5.41) is 3.41. The van der Waals surface area contributed by atoms with Crippen LogP contribution in [-0.2, 0) is 6.54 Å². The molecular weight excluding hydrogens is 188 g/mol. The highest BCUT2D eigenvalue weighted by atomic mass is 16.3. The van der Waals surface area contributed by atoms with E-state index in [9.17, 15) is 0 Å². The maximum atomic E-state index is 5.16. The lowest BCUT2D eigenvalue weighted by atomic mass is 9.99. The highest BCUT2D eigenvalue weighted by Gasteiger charge is 2.05. The van der Waals surface area contributed by atoms with Crippen molar-refractivity contribution in [3.05, 3.63) is 18.4 Å². The van der Waals surface area contributed by atoms with Crippen molar-refractivity contribution in [2.45, 2.75) is 46.1 Å². The fourth-order valence-corrected chi connectivity index (χ4v) is 1.67. The number of hydrogen-bond acceptors (Lipinski definition) is 3. The molecule has 0 amide bonds. The Morgan fingerprint density at radius 2 is 2.33 bits per heavy atom. The average Bonchev–Trinajstić information content (AvgIpc) is 2.76. The maximum Gasteiger partial charge on any atom is 0.180 e. The van der Waals surface area contributed by atoms with Gasteiger partial charge in [0.05, 0.1) is 12.7 Å². The number of nitrogens with zero attached hydrogens (tertiary/aromatic N) is 1. The van der Waals surface area contributed by atoms with Gasteiger partial charge in [-0.15, -0.1) is 0 Å². The van der Waals surface area contributed by atoms with Crippen molar-refractivity contribution in [2.24, 2.45) is 5.92 Å². The van der Waals surface area contributed by atoms with E-state index in [1.54, 1.807) is 6.20 Å². The van der Waals surface area contributed by atoms with Crippen molar-refractivity contribution in [2.75, 3.05) is 6.54 Å². The number of oxazole rings is 1. The summed E-state index contributed by atoms with van der Waals surface area (Å²) in [5.74, 6) is 1.72. The van der Waals surface area contributed by atoms with E-state index < -0.39 is 0 Å². The molecule has 0 bridgehead atoms. The van der Waals surface area contributed by atoms with Gasteiger partial charge in [-0.2, -0.15) is 0 Å². The molecule has 0 aromatic carbocycles. The van der Waals surface area contributed by atoms with Crippen molar-refractivity contribution in [3.8, 4) is 0 Å². The molecule has 0 aliphatic rings. The second-order valence-electron chi connectivity index (χ2n) is 4.02. The Balaban J connectivity index is 2.11. The third-order valence-electron chi connectivity index (χ3n) is 2.76. The molecule has 1 N–H and O–H groups in total. The van der Waals surface area contributed by atoms with Gasteiger partial charge in [-0.1, -0.05) is 33.1 Å². The van der Waals surface area contributed by atoms with E-state index in [0.717, 1.165) is 24.8 Å². The molecule has 0 aliphatic carbocycles. The lowest BCUT2D eigenvalue weighted by Gasteiger charge is -2.14. The number of hydrogen-bond donors (Lipinski definition) is 1. The van der Waals surface area contributed by atoms with Gasteiger partial charge in [0.1, 0.15) is 5.76 Å². The van der Waals surface area contributed by atoms with Crippen molar-refractivity contribution in [1.29, 1.82) is 0 Å². The molecule has 0 fully saturated rings. The number of nitrogens with one attached hydrogen (secondary N) is 1. The molecule has 1 rings (SSSR count). The second-order valence-corrected chi connectivity index (χ2v) is 4.02. The second kappa shape index (κ2) is 7.46. The zero-order chi connectivity index (χ0) is 10.9. The molecule has 0 spiro atoms. The van der Waals surface area contributed by atoms with E-state index in [-0.39, 0.29) is 0 Å². The molecule has 3 nitrogen and oxygen atoms in total. The van der Waals surface area contributed by atoms with E-state index >= 15 is 0 Å². The SMILES string of the molecule is CCCCC(CC)CNCc1cnco1. The van der Waals surface area contributed by atoms with Crippen LogP contribution >= 0.6 is 0 Å². The van der Waals surface area contributed by atoms with Crippen LogP contribution in [0.5, 0.6) is 0 Å². The van der Waals surface area contributed by atoms with Crippen LogP contribution < -0.4 is 5.32 Å². The Bertz CT molecular complexity index is 234. The molecule has 86 valence electrons. The van der Waals surface area contributed by atoms with Gasteiger partial charge in [-0.25, -0.2) is 4.98 Å². The Labute approximate surface area is 92.3 Å². The van der Waals surface area contributed by atoms with Crippen LogP contribution in [0, 0.1) is 5.92 Å².